The van der Waals surface area contributed by atoms with Crippen LogP contribution >= 0.6 is 0 Å². The van der Waals surface area contributed by atoms with Gasteiger partial charge in [0.15, 0.2) is 0 Å². The first kappa shape index (κ1) is 15.5. The second-order valence-electron chi connectivity index (χ2n) is 4.98. The Kier molecular flexibility index (Phi) is 4.34. The summed E-state index contributed by atoms with van der Waals surface area (Å²) >= 11 is 0. The van der Waals surface area contributed by atoms with Crippen LogP contribution in [0.5, 0.6) is 0 Å². The Labute approximate surface area is 123 Å². The van der Waals surface area contributed by atoms with E-state index in [9.17, 15) is 12.8 Å². The minimum absolute atomic E-state index is 0.110. The molecule has 1 heterocycles. The predicted octanol–water partition coefficient (Wildman–Crippen LogP) is 2.47. The third-order valence-corrected chi connectivity index (χ3v) is 4.43. The van der Waals surface area contributed by atoms with Crippen molar-refractivity contribution >= 4 is 15.7 Å². The van der Waals surface area contributed by atoms with Crippen molar-refractivity contribution in [3.8, 4) is 0 Å². The van der Waals surface area contributed by atoms with Gasteiger partial charge in [-0.3, -0.25) is 4.72 Å². The van der Waals surface area contributed by atoms with Crippen LogP contribution in [0.2, 0.25) is 0 Å². The summed E-state index contributed by atoms with van der Waals surface area (Å²) in [6.07, 6.45) is 1.55. The summed E-state index contributed by atoms with van der Waals surface area (Å²) in [6, 6.07) is 6.79. The van der Waals surface area contributed by atoms with E-state index in [-0.39, 0.29) is 17.5 Å². The molecule has 2 rings (SSSR count). The molecule has 2 aromatic rings. The summed E-state index contributed by atoms with van der Waals surface area (Å²) in [6.45, 7) is 4.15. The molecule has 7 heteroatoms. The van der Waals surface area contributed by atoms with E-state index in [0.717, 1.165) is 5.69 Å². The zero-order valence-electron chi connectivity index (χ0n) is 11.9. The molecule has 1 aromatic carbocycles. The van der Waals surface area contributed by atoms with Gasteiger partial charge in [-0.05, 0) is 44.2 Å². The van der Waals surface area contributed by atoms with Gasteiger partial charge < -0.3 is 10.3 Å². The van der Waals surface area contributed by atoms with Crippen molar-refractivity contribution in [2.45, 2.75) is 31.3 Å². The fraction of sp³-hybridized carbons (Fsp3) is 0.286. The number of hydrogen-bond donors (Lipinski definition) is 2. The van der Waals surface area contributed by atoms with Crippen LogP contribution in [-0.2, 0) is 16.6 Å². The van der Waals surface area contributed by atoms with Crippen LogP contribution in [-0.4, -0.2) is 13.0 Å². The smallest absolute Gasteiger partial charge is 0.263 e. The van der Waals surface area contributed by atoms with Crippen molar-refractivity contribution in [2.75, 3.05) is 4.72 Å². The second kappa shape index (κ2) is 5.87. The van der Waals surface area contributed by atoms with Gasteiger partial charge in [-0.15, -0.1) is 0 Å². The minimum atomic E-state index is -3.72. The standard InChI is InChI=1S/C14H18FN3O2S/c1-10(2)18-9-14(7-13(18)8-16)21(19,20)17-12-5-3-11(15)4-6-12/h3-7,9-10,17H,8,16H2,1-2H3. The first-order valence-corrected chi connectivity index (χ1v) is 8.01. The predicted molar refractivity (Wildman–Crippen MR) is 79.9 cm³/mol. The van der Waals surface area contributed by atoms with E-state index in [4.69, 9.17) is 5.73 Å². The monoisotopic (exact) mass is 311 g/mol. The van der Waals surface area contributed by atoms with Gasteiger partial charge in [-0.2, -0.15) is 0 Å². The first-order chi connectivity index (χ1) is 9.83. The van der Waals surface area contributed by atoms with Gasteiger partial charge in [0.05, 0.1) is 0 Å². The summed E-state index contributed by atoms with van der Waals surface area (Å²) < 4.78 is 41.7. The molecular weight excluding hydrogens is 293 g/mol. The van der Waals surface area contributed by atoms with Gasteiger partial charge in [0.2, 0.25) is 0 Å². The maximum Gasteiger partial charge on any atom is 0.263 e. The lowest BCUT2D eigenvalue weighted by Gasteiger charge is -2.10. The van der Waals surface area contributed by atoms with Gasteiger partial charge in [-0.1, -0.05) is 0 Å². The number of aromatic nitrogens is 1. The van der Waals surface area contributed by atoms with Crippen LogP contribution in [0.15, 0.2) is 41.4 Å². The fourth-order valence-electron chi connectivity index (χ4n) is 2.02. The molecular formula is C14H18FN3O2S. The van der Waals surface area contributed by atoms with Crippen molar-refractivity contribution in [3.63, 3.8) is 0 Å². The average molecular weight is 311 g/mol. The van der Waals surface area contributed by atoms with Crippen LogP contribution < -0.4 is 10.5 Å². The second-order valence-corrected chi connectivity index (χ2v) is 6.67. The Morgan fingerprint density at radius 2 is 1.90 bits per heavy atom. The van der Waals surface area contributed by atoms with E-state index in [1.807, 2.05) is 18.4 Å². The summed E-state index contributed by atoms with van der Waals surface area (Å²) in [4.78, 5) is 0.140. The molecule has 0 aliphatic carbocycles. The van der Waals surface area contributed by atoms with Crippen molar-refractivity contribution < 1.29 is 12.8 Å². The molecule has 0 radical (unpaired) electrons. The number of halogens is 1. The van der Waals surface area contributed by atoms with E-state index < -0.39 is 15.8 Å². The molecule has 5 nitrogen and oxygen atoms in total. The van der Waals surface area contributed by atoms with Gasteiger partial charge in [0.1, 0.15) is 10.7 Å². The Hall–Kier alpha value is -1.86. The Bertz CT molecular complexity index is 721. The lowest BCUT2D eigenvalue weighted by atomic mass is 10.3. The van der Waals surface area contributed by atoms with E-state index in [0.29, 0.717) is 5.69 Å². The lowest BCUT2D eigenvalue weighted by Crippen LogP contribution is -2.12. The van der Waals surface area contributed by atoms with Gasteiger partial charge in [-0.25, -0.2) is 12.8 Å². The molecule has 0 saturated heterocycles. The zero-order valence-corrected chi connectivity index (χ0v) is 12.7. The number of rotatable bonds is 5. The summed E-state index contributed by atoms with van der Waals surface area (Å²) in [5.74, 6) is -0.422. The third-order valence-electron chi connectivity index (χ3n) is 3.08. The molecule has 0 bridgehead atoms. The highest BCUT2D eigenvalue weighted by molar-refractivity contribution is 7.92. The highest BCUT2D eigenvalue weighted by atomic mass is 32.2. The molecule has 21 heavy (non-hydrogen) atoms. The summed E-state index contributed by atoms with van der Waals surface area (Å²) in [5, 5.41) is 0. The Balaban J connectivity index is 2.33. The molecule has 1 aromatic heterocycles. The number of nitrogens with zero attached hydrogens (tertiary/aromatic N) is 1. The molecule has 0 atom stereocenters. The fourth-order valence-corrected chi connectivity index (χ4v) is 3.13. The minimum Gasteiger partial charge on any atom is -0.346 e. The average Bonchev–Trinajstić information content (AvgIpc) is 2.86. The molecule has 0 unspecified atom stereocenters. The van der Waals surface area contributed by atoms with Crippen LogP contribution in [0.3, 0.4) is 0 Å². The van der Waals surface area contributed by atoms with E-state index >= 15 is 0 Å². The van der Waals surface area contributed by atoms with Gasteiger partial charge in [0.25, 0.3) is 10.0 Å². The van der Waals surface area contributed by atoms with E-state index in [1.54, 1.807) is 12.3 Å². The molecule has 114 valence electrons. The van der Waals surface area contributed by atoms with Crippen LogP contribution in [0.1, 0.15) is 25.6 Å². The van der Waals surface area contributed by atoms with Crippen LogP contribution in [0.4, 0.5) is 10.1 Å². The number of nitrogens with two attached hydrogens (primary N) is 1. The van der Waals surface area contributed by atoms with Gasteiger partial charge in [0, 0.05) is 30.2 Å². The van der Waals surface area contributed by atoms with E-state index in [1.165, 1.54) is 24.3 Å². The van der Waals surface area contributed by atoms with Gasteiger partial charge >= 0.3 is 0 Å². The molecule has 0 amide bonds. The Morgan fingerprint density at radius 3 is 2.38 bits per heavy atom. The van der Waals surface area contributed by atoms with Crippen molar-refractivity contribution in [2.24, 2.45) is 5.73 Å². The largest absolute Gasteiger partial charge is 0.346 e. The molecule has 0 saturated carbocycles. The van der Waals surface area contributed by atoms with Crippen LogP contribution in [0.25, 0.3) is 0 Å². The third kappa shape index (κ3) is 3.43. The highest BCUT2D eigenvalue weighted by Gasteiger charge is 2.19. The molecule has 0 fully saturated rings. The maximum absolute atomic E-state index is 12.8. The number of anilines is 1. The van der Waals surface area contributed by atoms with Crippen molar-refractivity contribution in [1.29, 1.82) is 0 Å². The summed E-state index contributed by atoms with van der Waals surface area (Å²) in [5.41, 5.74) is 6.69. The number of benzene rings is 1. The topological polar surface area (TPSA) is 77.1 Å². The number of hydrogen-bond acceptors (Lipinski definition) is 3. The highest BCUT2D eigenvalue weighted by Crippen LogP contribution is 2.21. The van der Waals surface area contributed by atoms with Crippen molar-refractivity contribution in [3.05, 3.63) is 48.0 Å². The number of sulfonamides is 1. The number of nitrogens with one attached hydrogen (secondary N) is 1. The maximum atomic E-state index is 12.8. The molecule has 3 N–H and O–H groups in total. The lowest BCUT2D eigenvalue weighted by molar-refractivity contribution is 0.573. The molecule has 0 aliphatic rings. The first-order valence-electron chi connectivity index (χ1n) is 6.52. The molecule has 0 aliphatic heterocycles. The SMILES string of the molecule is CC(C)n1cc(S(=O)(=O)Nc2ccc(F)cc2)cc1CN. The normalized spacial score (nSPS) is 11.9. The summed E-state index contributed by atoms with van der Waals surface area (Å²) in [7, 11) is -3.72. The molecule has 0 spiro atoms. The van der Waals surface area contributed by atoms with Crippen LogP contribution in [0, 0.1) is 5.82 Å². The van der Waals surface area contributed by atoms with E-state index in [2.05, 4.69) is 4.72 Å². The zero-order chi connectivity index (χ0) is 15.6. The Morgan fingerprint density at radius 1 is 1.29 bits per heavy atom. The van der Waals surface area contributed by atoms with Crippen molar-refractivity contribution in [1.82, 2.24) is 4.57 Å². The quantitative estimate of drug-likeness (QED) is 0.890.